The van der Waals surface area contributed by atoms with Crippen molar-refractivity contribution in [3.05, 3.63) is 24.0 Å². The maximum absolute atomic E-state index is 10.3. The van der Waals surface area contributed by atoms with E-state index in [4.69, 9.17) is 9.79 Å². The average molecular weight is 148 g/mol. The lowest BCUT2D eigenvalue weighted by atomic mass is 10.5. The summed E-state index contributed by atoms with van der Waals surface area (Å²) in [6.07, 6.45) is 2.49. The molecule has 0 bridgehead atoms. The van der Waals surface area contributed by atoms with Crippen molar-refractivity contribution < 1.29 is 14.4 Å². The monoisotopic (exact) mass is 148 g/mol. The zero-order valence-electron chi connectivity index (χ0n) is 5.11. The van der Waals surface area contributed by atoms with Crippen LogP contribution >= 0.6 is 7.60 Å². The van der Waals surface area contributed by atoms with Gasteiger partial charge in [0.1, 0.15) is 0 Å². The highest BCUT2D eigenvalue weighted by Crippen LogP contribution is 2.44. The fourth-order valence-electron chi connectivity index (χ4n) is 0.405. The molecule has 0 unspecified atom stereocenters. The van der Waals surface area contributed by atoms with Crippen LogP contribution in [0.3, 0.4) is 0 Å². The Bertz CT molecular complexity index is 177. The smallest absolute Gasteiger partial charge is 0.321 e. The van der Waals surface area contributed by atoms with Crippen LogP contribution in [0.2, 0.25) is 0 Å². The van der Waals surface area contributed by atoms with Gasteiger partial charge in [-0.25, -0.2) is 0 Å². The summed E-state index contributed by atoms with van der Waals surface area (Å²) in [6, 6.07) is 0. The number of rotatable bonds is 2. The Morgan fingerprint density at radius 3 is 2.11 bits per heavy atom. The van der Waals surface area contributed by atoms with Gasteiger partial charge < -0.3 is 9.79 Å². The lowest BCUT2D eigenvalue weighted by molar-refractivity contribution is 0.383. The van der Waals surface area contributed by atoms with E-state index in [2.05, 4.69) is 6.58 Å². The van der Waals surface area contributed by atoms with E-state index in [0.29, 0.717) is 0 Å². The topological polar surface area (TPSA) is 57.5 Å². The maximum atomic E-state index is 10.3. The SMILES string of the molecule is C=C/C(=C\C)P(=O)(O)O. The number of hydrogen-bond acceptors (Lipinski definition) is 1. The van der Waals surface area contributed by atoms with Crippen molar-refractivity contribution in [3.8, 4) is 0 Å². The van der Waals surface area contributed by atoms with Crippen molar-refractivity contribution in [1.29, 1.82) is 0 Å². The van der Waals surface area contributed by atoms with Crippen LogP contribution in [0, 0.1) is 0 Å². The molecule has 2 N–H and O–H groups in total. The van der Waals surface area contributed by atoms with Gasteiger partial charge in [0, 0.05) is 0 Å². The summed E-state index contributed by atoms with van der Waals surface area (Å²) in [6.45, 7) is 4.79. The molecule has 9 heavy (non-hydrogen) atoms. The Kier molecular flexibility index (Phi) is 2.85. The van der Waals surface area contributed by atoms with E-state index in [1.807, 2.05) is 0 Å². The van der Waals surface area contributed by atoms with Crippen molar-refractivity contribution in [2.75, 3.05) is 0 Å². The highest BCUT2D eigenvalue weighted by atomic mass is 31.2. The maximum Gasteiger partial charge on any atom is 0.355 e. The zero-order valence-corrected chi connectivity index (χ0v) is 6.01. The summed E-state index contributed by atoms with van der Waals surface area (Å²) in [7, 11) is -4.03. The molecule has 0 fully saturated rings. The Morgan fingerprint density at radius 1 is 1.67 bits per heavy atom. The second-order valence-electron chi connectivity index (χ2n) is 1.46. The molecular weight excluding hydrogens is 139 g/mol. The molecule has 0 aromatic heterocycles. The second kappa shape index (κ2) is 2.97. The third-order valence-electron chi connectivity index (χ3n) is 0.841. The van der Waals surface area contributed by atoms with E-state index < -0.39 is 7.60 Å². The van der Waals surface area contributed by atoms with Crippen LogP contribution in [-0.4, -0.2) is 9.79 Å². The van der Waals surface area contributed by atoms with Gasteiger partial charge in [-0.2, -0.15) is 0 Å². The Labute approximate surface area is 53.9 Å². The van der Waals surface area contributed by atoms with Crippen molar-refractivity contribution in [2.24, 2.45) is 0 Å². The van der Waals surface area contributed by atoms with Crippen molar-refractivity contribution in [1.82, 2.24) is 0 Å². The fourth-order valence-corrected chi connectivity index (χ4v) is 0.979. The van der Waals surface area contributed by atoms with Gasteiger partial charge in [0.15, 0.2) is 0 Å². The molecule has 0 saturated heterocycles. The van der Waals surface area contributed by atoms with Crippen LogP contribution in [0.4, 0.5) is 0 Å². The summed E-state index contributed by atoms with van der Waals surface area (Å²) in [5, 5.41) is -0.0255. The highest BCUT2D eigenvalue weighted by molar-refractivity contribution is 7.56. The first-order valence-electron chi connectivity index (χ1n) is 2.37. The van der Waals surface area contributed by atoms with Crippen LogP contribution in [0.5, 0.6) is 0 Å². The summed E-state index contributed by atoms with van der Waals surface area (Å²) >= 11 is 0. The second-order valence-corrected chi connectivity index (χ2v) is 3.07. The van der Waals surface area contributed by atoms with Crippen LogP contribution < -0.4 is 0 Å². The zero-order chi connectivity index (χ0) is 7.49. The first-order chi connectivity index (χ1) is 4.02. The number of hydrogen-bond donors (Lipinski definition) is 2. The summed E-state index contributed by atoms with van der Waals surface area (Å²) in [5.41, 5.74) is 0. The predicted molar refractivity (Wildman–Crippen MR) is 36.0 cm³/mol. The molecule has 0 aliphatic carbocycles. The lowest BCUT2D eigenvalue weighted by Crippen LogP contribution is -1.78. The molecule has 3 nitrogen and oxygen atoms in total. The van der Waals surface area contributed by atoms with Gasteiger partial charge in [-0.3, -0.25) is 4.57 Å². The standard InChI is InChI=1S/C5H9O3P/c1-3-5(4-2)9(6,7)8/h3-4H,1H2,2H3,(H2,6,7,8)/b5-4+. The van der Waals surface area contributed by atoms with Crippen LogP contribution in [0.1, 0.15) is 6.92 Å². The fraction of sp³-hybridized carbons (Fsp3) is 0.200. The average Bonchev–Trinajstić information content (AvgIpc) is 1.65. The van der Waals surface area contributed by atoms with Gasteiger partial charge >= 0.3 is 7.60 Å². The van der Waals surface area contributed by atoms with Crippen LogP contribution in [0.15, 0.2) is 24.0 Å². The normalized spacial score (nSPS) is 13.4. The van der Waals surface area contributed by atoms with E-state index in [1.165, 1.54) is 6.08 Å². The van der Waals surface area contributed by atoms with Crippen molar-refractivity contribution >= 4 is 7.60 Å². The minimum absolute atomic E-state index is 0.0255. The van der Waals surface area contributed by atoms with Crippen molar-refractivity contribution in [3.63, 3.8) is 0 Å². The predicted octanol–water partition coefficient (Wildman–Crippen LogP) is 1.25. The van der Waals surface area contributed by atoms with Gasteiger partial charge in [0.05, 0.1) is 5.31 Å². The van der Waals surface area contributed by atoms with E-state index in [0.717, 1.165) is 6.08 Å². The molecule has 0 saturated carbocycles. The molecule has 0 aromatic rings. The van der Waals surface area contributed by atoms with E-state index in [9.17, 15) is 4.57 Å². The van der Waals surface area contributed by atoms with Gasteiger partial charge in [-0.15, -0.1) is 0 Å². The Morgan fingerprint density at radius 2 is 2.11 bits per heavy atom. The van der Waals surface area contributed by atoms with Crippen LogP contribution in [0.25, 0.3) is 0 Å². The molecule has 0 heterocycles. The molecule has 0 aliphatic rings. The summed E-state index contributed by atoms with van der Waals surface area (Å²) in [4.78, 5) is 16.9. The van der Waals surface area contributed by atoms with E-state index in [1.54, 1.807) is 6.92 Å². The Balaban J connectivity index is 4.54. The van der Waals surface area contributed by atoms with Crippen molar-refractivity contribution in [2.45, 2.75) is 6.92 Å². The first-order valence-corrected chi connectivity index (χ1v) is 3.98. The number of allylic oxidation sites excluding steroid dienone is 3. The Hall–Kier alpha value is -0.370. The first kappa shape index (κ1) is 8.63. The minimum Gasteiger partial charge on any atom is -0.321 e. The third kappa shape index (κ3) is 2.61. The summed E-state index contributed by atoms with van der Waals surface area (Å²) < 4.78 is 10.3. The highest BCUT2D eigenvalue weighted by Gasteiger charge is 2.15. The van der Waals surface area contributed by atoms with Gasteiger partial charge in [0.25, 0.3) is 0 Å². The molecule has 0 radical (unpaired) electrons. The third-order valence-corrected chi connectivity index (χ3v) is 1.95. The summed E-state index contributed by atoms with van der Waals surface area (Å²) in [5.74, 6) is 0. The van der Waals surface area contributed by atoms with E-state index >= 15 is 0 Å². The molecule has 0 amide bonds. The minimum atomic E-state index is -4.03. The molecule has 0 atom stereocenters. The molecule has 0 rings (SSSR count). The quantitative estimate of drug-likeness (QED) is 0.457. The van der Waals surface area contributed by atoms with Gasteiger partial charge in [-0.1, -0.05) is 18.7 Å². The molecule has 0 aliphatic heterocycles. The molecular formula is C5H9O3P. The largest absolute Gasteiger partial charge is 0.355 e. The van der Waals surface area contributed by atoms with Gasteiger partial charge in [-0.05, 0) is 6.92 Å². The van der Waals surface area contributed by atoms with Gasteiger partial charge in [0.2, 0.25) is 0 Å². The molecule has 0 spiro atoms. The molecule has 4 heteroatoms. The molecule has 0 aromatic carbocycles. The van der Waals surface area contributed by atoms with E-state index in [-0.39, 0.29) is 5.31 Å². The molecule has 52 valence electrons. The lowest BCUT2D eigenvalue weighted by Gasteiger charge is -2.01. The van der Waals surface area contributed by atoms with Crippen LogP contribution in [-0.2, 0) is 4.57 Å².